The lowest BCUT2D eigenvalue weighted by atomic mass is 9.80. The maximum absolute atomic E-state index is 9.38. The van der Waals surface area contributed by atoms with E-state index in [4.69, 9.17) is 0 Å². The van der Waals surface area contributed by atoms with Gasteiger partial charge in [-0.1, -0.05) is 48.0 Å². The molecule has 0 amide bonds. The first-order valence-corrected chi connectivity index (χ1v) is 6.40. The minimum atomic E-state index is -0.00583. The minimum Gasteiger partial charge on any atom is -0.393 e. The van der Waals surface area contributed by atoms with Gasteiger partial charge in [-0.05, 0) is 31.1 Å². The van der Waals surface area contributed by atoms with Crippen molar-refractivity contribution in [1.29, 1.82) is 0 Å². The molecule has 1 aliphatic rings. The second-order valence-corrected chi connectivity index (χ2v) is 3.74. The van der Waals surface area contributed by atoms with Crippen LogP contribution in [0.4, 0.5) is 0 Å². The van der Waals surface area contributed by atoms with Gasteiger partial charge in [-0.3, -0.25) is 0 Å². The molecule has 1 rings (SSSR count). The Balaban J connectivity index is 0. The first kappa shape index (κ1) is 16.4. The Bertz CT molecular complexity index is 91.4. The van der Waals surface area contributed by atoms with Crippen LogP contribution < -0.4 is 0 Å². The van der Waals surface area contributed by atoms with Crippen LogP contribution in [-0.2, 0) is 0 Å². The van der Waals surface area contributed by atoms with Crippen molar-refractivity contribution in [2.75, 3.05) is 0 Å². The summed E-state index contributed by atoms with van der Waals surface area (Å²) in [6, 6.07) is 0. The first-order valence-electron chi connectivity index (χ1n) is 6.40. The van der Waals surface area contributed by atoms with Gasteiger partial charge in [-0.2, -0.15) is 0 Å². The molecule has 1 nitrogen and oxygen atoms in total. The Morgan fingerprint density at radius 3 is 1.86 bits per heavy atom. The first-order chi connectivity index (χ1) is 6.72. The van der Waals surface area contributed by atoms with Crippen LogP contribution in [0.3, 0.4) is 0 Å². The van der Waals surface area contributed by atoms with Crippen molar-refractivity contribution in [3.63, 3.8) is 0 Å². The van der Waals surface area contributed by atoms with E-state index in [9.17, 15) is 5.11 Å². The van der Waals surface area contributed by atoms with Crippen LogP contribution in [0.15, 0.2) is 0 Å². The summed E-state index contributed by atoms with van der Waals surface area (Å²) >= 11 is 0. The van der Waals surface area contributed by atoms with Crippen LogP contribution in [0.2, 0.25) is 0 Å². The predicted molar refractivity (Wildman–Crippen MR) is 65.5 cm³/mol. The Labute approximate surface area is 90.9 Å². The van der Waals surface area contributed by atoms with Crippen LogP contribution in [-0.4, -0.2) is 11.2 Å². The molecular weight excluding hydrogens is 172 g/mol. The number of rotatable bonds is 1. The highest BCUT2D eigenvalue weighted by molar-refractivity contribution is 4.75. The summed E-state index contributed by atoms with van der Waals surface area (Å²) in [5, 5.41) is 9.38. The van der Waals surface area contributed by atoms with E-state index in [1.54, 1.807) is 0 Å². The van der Waals surface area contributed by atoms with Crippen LogP contribution in [0, 0.1) is 11.8 Å². The van der Waals surface area contributed by atoms with Gasteiger partial charge in [-0.15, -0.1) is 0 Å². The van der Waals surface area contributed by atoms with Crippen molar-refractivity contribution in [1.82, 2.24) is 0 Å². The molecule has 1 N–H and O–H groups in total. The molecule has 0 heterocycles. The molecule has 0 aromatic heterocycles. The molecule has 1 heteroatoms. The monoisotopic (exact) mass is 202 g/mol. The van der Waals surface area contributed by atoms with E-state index in [1.807, 2.05) is 27.7 Å². The Morgan fingerprint density at radius 1 is 1.00 bits per heavy atom. The zero-order valence-electron chi connectivity index (χ0n) is 11.0. The van der Waals surface area contributed by atoms with Gasteiger partial charge in [0, 0.05) is 0 Å². The van der Waals surface area contributed by atoms with Gasteiger partial charge >= 0.3 is 0 Å². The molecule has 0 aliphatic heterocycles. The molecule has 0 spiro atoms. The maximum atomic E-state index is 9.38. The lowest BCUT2D eigenvalue weighted by molar-refractivity contribution is 0.0738. The second-order valence-electron chi connectivity index (χ2n) is 3.74. The summed E-state index contributed by atoms with van der Waals surface area (Å²) in [5.41, 5.74) is 0. The molecule has 1 fully saturated rings. The van der Waals surface area contributed by atoms with Crippen molar-refractivity contribution >= 4 is 0 Å². The lowest BCUT2D eigenvalue weighted by Gasteiger charge is -2.29. The molecular formula is C13H30O. The largest absolute Gasteiger partial charge is 0.393 e. The molecule has 0 bridgehead atoms. The number of hydrogen-bond acceptors (Lipinski definition) is 1. The zero-order valence-corrected chi connectivity index (χ0v) is 11.0. The molecule has 88 valence electrons. The van der Waals surface area contributed by atoms with Crippen LogP contribution in [0.5, 0.6) is 0 Å². The Morgan fingerprint density at radius 2 is 1.50 bits per heavy atom. The summed E-state index contributed by atoms with van der Waals surface area (Å²) < 4.78 is 0. The van der Waals surface area contributed by atoms with Gasteiger partial charge < -0.3 is 5.11 Å². The maximum Gasteiger partial charge on any atom is 0.0545 e. The Hall–Kier alpha value is -0.0400. The third-order valence-electron chi connectivity index (χ3n) is 2.59. The lowest BCUT2D eigenvalue weighted by Crippen LogP contribution is -2.24. The Kier molecular flexibility index (Phi) is 12.9. The van der Waals surface area contributed by atoms with Gasteiger partial charge in [-0.25, -0.2) is 0 Å². The number of aliphatic hydroxyl groups excluding tert-OH is 1. The highest BCUT2D eigenvalue weighted by atomic mass is 16.3. The molecule has 3 atom stereocenters. The van der Waals surface area contributed by atoms with Gasteiger partial charge in [0.2, 0.25) is 0 Å². The van der Waals surface area contributed by atoms with Gasteiger partial charge in [0.25, 0.3) is 0 Å². The standard InChI is InChI=1S/C9H18O.2C2H6/c1-3-8-4-7(2)5-9(10)6-8;2*1-2/h7-10H,3-6H2,1-2H3;2*1-2H3. The summed E-state index contributed by atoms with van der Waals surface area (Å²) in [6.45, 7) is 12.5. The molecule has 1 aliphatic carbocycles. The van der Waals surface area contributed by atoms with Gasteiger partial charge in [0.05, 0.1) is 6.10 Å². The number of hydrogen-bond donors (Lipinski definition) is 1. The van der Waals surface area contributed by atoms with Gasteiger partial charge in [0.1, 0.15) is 0 Å². The third-order valence-corrected chi connectivity index (χ3v) is 2.59. The van der Waals surface area contributed by atoms with E-state index in [0.29, 0.717) is 0 Å². The third kappa shape index (κ3) is 7.37. The van der Waals surface area contributed by atoms with E-state index in [2.05, 4.69) is 13.8 Å². The van der Waals surface area contributed by atoms with Crippen LogP contribution in [0.25, 0.3) is 0 Å². The SMILES string of the molecule is CC.CC.CCC1CC(C)CC(O)C1. The molecule has 0 saturated heterocycles. The molecule has 0 aromatic rings. The fourth-order valence-electron chi connectivity index (χ4n) is 2.04. The van der Waals surface area contributed by atoms with Crippen LogP contribution >= 0.6 is 0 Å². The normalized spacial score (nSPS) is 30.6. The molecule has 3 unspecified atom stereocenters. The van der Waals surface area contributed by atoms with E-state index >= 15 is 0 Å². The van der Waals surface area contributed by atoms with Crippen LogP contribution in [0.1, 0.15) is 67.2 Å². The number of aliphatic hydroxyl groups is 1. The molecule has 0 radical (unpaired) electrons. The smallest absolute Gasteiger partial charge is 0.0545 e. The van der Waals surface area contributed by atoms with Crippen molar-refractivity contribution in [3.8, 4) is 0 Å². The van der Waals surface area contributed by atoms with Crippen molar-refractivity contribution in [2.45, 2.75) is 73.3 Å². The fourth-order valence-corrected chi connectivity index (χ4v) is 2.04. The van der Waals surface area contributed by atoms with Crippen molar-refractivity contribution in [2.24, 2.45) is 11.8 Å². The summed E-state index contributed by atoms with van der Waals surface area (Å²) in [7, 11) is 0. The van der Waals surface area contributed by atoms with E-state index in [0.717, 1.165) is 24.7 Å². The topological polar surface area (TPSA) is 20.2 Å². The average molecular weight is 202 g/mol. The average Bonchev–Trinajstić information content (AvgIpc) is 2.22. The van der Waals surface area contributed by atoms with Crippen molar-refractivity contribution in [3.05, 3.63) is 0 Å². The second kappa shape index (κ2) is 11.0. The quantitative estimate of drug-likeness (QED) is 0.674. The molecule has 14 heavy (non-hydrogen) atoms. The van der Waals surface area contributed by atoms with E-state index in [-0.39, 0.29) is 6.10 Å². The highest BCUT2D eigenvalue weighted by Gasteiger charge is 2.23. The van der Waals surface area contributed by atoms with E-state index < -0.39 is 0 Å². The summed E-state index contributed by atoms with van der Waals surface area (Å²) in [6.07, 6.45) is 4.63. The highest BCUT2D eigenvalue weighted by Crippen LogP contribution is 2.30. The minimum absolute atomic E-state index is 0.00583. The van der Waals surface area contributed by atoms with Crippen molar-refractivity contribution < 1.29 is 5.11 Å². The molecule has 1 saturated carbocycles. The summed E-state index contributed by atoms with van der Waals surface area (Å²) in [4.78, 5) is 0. The molecule has 0 aromatic carbocycles. The zero-order chi connectivity index (χ0) is 11.6. The fraction of sp³-hybridized carbons (Fsp3) is 1.00. The van der Waals surface area contributed by atoms with Gasteiger partial charge in [0.15, 0.2) is 0 Å². The van der Waals surface area contributed by atoms with E-state index in [1.165, 1.54) is 12.8 Å². The predicted octanol–water partition coefficient (Wildman–Crippen LogP) is 4.25. The summed E-state index contributed by atoms with van der Waals surface area (Å²) in [5.74, 6) is 1.53.